The molecule has 144 valence electrons. The van der Waals surface area contributed by atoms with Crippen LogP contribution in [0.2, 0.25) is 0 Å². The van der Waals surface area contributed by atoms with Crippen molar-refractivity contribution in [2.75, 3.05) is 40.3 Å². The van der Waals surface area contributed by atoms with Crippen molar-refractivity contribution in [3.05, 3.63) is 35.4 Å². The van der Waals surface area contributed by atoms with E-state index in [1.165, 1.54) is 11.1 Å². The first-order valence-corrected chi connectivity index (χ1v) is 9.41. The Bertz CT molecular complexity index is 598. The highest BCUT2D eigenvalue weighted by atomic mass is 16.5. The number of hydrogen-bond donors (Lipinski definition) is 2. The molecular formula is C20H32N4O2. The van der Waals surface area contributed by atoms with Crippen molar-refractivity contribution in [2.24, 2.45) is 10.9 Å². The van der Waals surface area contributed by atoms with Crippen LogP contribution in [0, 0.1) is 12.8 Å². The molecule has 0 bridgehead atoms. The molecule has 26 heavy (non-hydrogen) atoms. The second kappa shape index (κ2) is 10.2. The van der Waals surface area contributed by atoms with Gasteiger partial charge in [-0.3, -0.25) is 4.79 Å². The SMILES string of the molecule is CCNC(=NCC(=O)N(C)C)NCC1CCCOC1c1ccc(C)cc1. The number of amides is 1. The highest BCUT2D eigenvalue weighted by Crippen LogP contribution is 2.33. The number of rotatable bonds is 6. The molecule has 2 rings (SSSR count). The van der Waals surface area contributed by atoms with Gasteiger partial charge < -0.3 is 20.3 Å². The molecule has 1 heterocycles. The van der Waals surface area contributed by atoms with E-state index < -0.39 is 0 Å². The Hall–Kier alpha value is -2.08. The molecule has 2 unspecified atom stereocenters. The number of ether oxygens (including phenoxy) is 1. The van der Waals surface area contributed by atoms with E-state index >= 15 is 0 Å². The standard InChI is InChI=1S/C20H32N4O2/c1-5-21-20(23-14-18(25)24(3)4)22-13-17-7-6-12-26-19(17)16-10-8-15(2)9-11-16/h8-11,17,19H,5-7,12-14H2,1-4H3,(H2,21,22,23). The van der Waals surface area contributed by atoms with Crippen LogP contribution in [0.15, 0.2) is 29.3 Å². The topological polar surface area (TPSA) is 66.0 Å². The lowest BCUT2D eigenvalue weighted by Crippen LogP contribution is -2.42. The number of nitrogens with one attached hydrogen (secondary N) is 2. The molecule has 1 aliphatic rings. The first-order valence-electron chi connectivity index (χ1n) is 9.41. The van der Waals surface area contributed by atoms with Gasteiger partial charge in [0.1, 0.15) is 6.54 Å². The summed E-state index contributed by atoms with van der Waals surface area (Å²) in [7, 11) is 3.48. The summed E-state index contributed by atoms with van der Waals surface area (Å²) < 4.78 is 6.08. The van der Waals surface area contributed by atoms with E-state index in [0.29, 0.717) is 11.9 Å². The first kappa shape index (κ1) is 20.2. The maximum absolute atomic E-state index is 11.8. The zero-order valence-corrected chi connectivity index (χ0v) is 16.4. The van der Waals surface area contributed by atoms with Gasteiger partial charge in [0.05, 0.1) is 6.10 Å². The summed E-state index contributed by atoms with van der Waals surface area (Å²) in [5, 5.41) is 6.59. The van der Waals surface area contributed by atoms with Gasteiger partial charge in [-0.25, -0.2) is 4.99 Å². The summed E-state index contributed by atoms with van der Waals surface area (Å²) in [5.41, 5.74) is 2.48. The van der Waals surface area contributed by atoms with Crippen LogP contribution >= 0.6 is 0 Å². The maximum Gasteiger partial charge on any atom is 0.243 e. The van der Waals surface area contributed by atoms with Crippen molar-refractivity contribution in [2.45, 2.75) is 32.8 Å². The van der Waals surface area contributed by atoms with Crippen LogP contribution in [0.1, 0.15) is 37.0 Å². The normalized spacial score (nSPS) is 20.5. The van der Waals surface area contributed by atoms with Crippen molar-refractivity contribution in [3.63, 3.8) is 0 Å². The summed E-state index contributed by atoms with van der Waals surface area (Å²) >= 11 is 0. The van der Waals surface area contributed by atoms with Crippen LogP contribution in [0.3, 0.4) is 0 Å². The number of nitrogens with zero attached hydrogens (tertiary/aromatic N) is 2. The molecule has 0 aromatic heterocycles. The van der Waals surface area contributed by atoms with Gasteiger partial charge in [0.25, 0.3) is 0 Å². The third kappa shape index (κ3) is 6.02. The molecule has 6 nitrogen and oxygen atoms in total. The molecule has 2 atom stereocenters. The molecular weight excluding hydrogens is 328 g/mol. The Morgan fingerprint density at radius 2 is 2.00 bits per heavy atom. The number of aryl methyl sites for hydroxylation is 1. The molecule has 0 aliphatic carbocycles. The van der Waals surface area contributed by atoms with E-state index in [9.17, 15) is 4.79 Å². The highest BCUT2D eigenvalue weighted by molar-refractivity contribution is 5.84. The van der Waals surface area contributed by atoms with Gasteiger partial charge in [-0.15, -0.1) is 0 Å². The minimum absolute atomic E-state index is 0.0132. The lowest BCUT2D eigenvalue weighted by Gasteiger charge is -2.32. The summed E-state index contributed by atoms with van der Waals surface area (Å²) in [4.78, 5) is 17.7. The summed E-state index contributed by atoms with van der Waals surface area (Å²) in [6, 6.07) is 8.59. The van der Waals surface area contributed by atoms with Gasteiger partial charge in [-0.05, 0) is 32.3 Å². The minimum atomic E-state index is -0.0132. The van der Waals surface area contributed by atoms with Crippen LogP contribution in [-0.2, 0) is 9.53 Å². The molecule has 1 fully saturated rings. The largest absolute Gasteiger partial charge is 0.373 e. The maximum atomic E-state index is 11.8. The molecule has 1 saturated heterocycles. The molecule has 2 N–H and O–H groups in total. The van der Waals surface area contributed by atoms with Gasteiger partial charge in [-0.2, -0.15) is 0 Å². The van der Waals surface area contributed by atoms with E-state index in [4.69, 9.17) is 4.74 Å². The number of hydrogen-bond acceptors (Lipinski definition) is 3. The first-order chi connectivity index (χ1) is 12.5. The number of aliphatic imine (C=N–C) groups is 1. The summed E-state index contributed by atoms with van der Waals surface area (Å²) in [6.07, 6.45) is 2.28. The van der Waals surface area contributed by atoms with Gasteiger partial charge in [0, 0.05) is 39.7 Å². The zero-order valence-electron chi connectivity index (χ0n) is 16.4. The third-order valence-corrected chi connectivity index (χ3v) is 4.60. The average Bonchev–Trinajstić information content (AvgIpc) is 2.64. The summed E-state index contributed by atoms with van der Waals surface area (Å²) in [6.45, 7) is 6.58. The van der Waals surface area contributed by atoms with Gasteiger partial charge >= 0.3 is 0 Å². The average molecular weight is 361 g/mol. The second-order valence-electron chi connectivity index (χ2n) is 6.97. The van der Waals surface area contributed by atoms with E-state index in [0.717, 1.165) is 32.5 Å². The van der Waals surface area contributed by atoms with Crippen molar-refractivity contribution < 1.29 is 9.53 Å². The second-order valence-corrected chi connectivity index (χ2v) is 6.97. The Labute approximate surface area is 157 Å². The van der Waals surface area contributed by atoms with Crippen LogP contribution in [0.5, 0.6) is 0 Å². The van der Waals surface area contributed by atoms with Crippen LogP contribution in [0.25, 0.3) is 0 Å². The fraction of sp³-hybridized carbons (Fsp3) is 0.600. The van der Waals surface area contributed by atoms with Crippen molar-refractivity contribution in [1.82, 2.24) is 15.5 Å². The lowest BCUT2D eigenvalue weighted by atomic mass is 9.89. The molecule has 0 radical (unpaired) electrons. The molecule has 1 amide bonds. The fourth-order valence-corrected chi connectivity index (χ4v) is 3.03. The molecule has 6 heteroatoms. The fourth-order valence-electron chi connectivity index (χ4n) is 3.03. The molecule has 1 aliphatic heterocycles. The predicted octanol–water partition coefficient (Wildman–Crippen LogP) is 2.11. The number of carbonyl (C=O) groups excluding carboxylic acids is 1. The predicted molar refractivity (Wildman–Crippen MR) is 105 cm³/mol. The minimum Gasteiger partial charge on any atom is -0.373 e. The van der Waals surface area contributed by atoms with Crippen molar-refractivity contribution in [1.29, 1.82) is 0 Å². The number of benzene rings is 1. The van der Waals surface area contributed by atoms with E-state index in [-0.39, 0.29) is 18.6 Å². The number of carbonyl (C=O) groups is 1. The lowest BCUT2D eigenvalue weighted by molar-refractivity contribution is -0.127. The van der Waals surface area contributed by atoms with Crippen molar-refractivity contribution >= 4 is 11.9 Å². The molecule has 0 spiro atoms. The van der Waals surface area contributed by atoms with E-state index in [1.807, 2.05) is 6.92 Å². The van der Waals surface area contributed by atoms with Crippen LogP contribution in [0.4, 0.5) is 0 Å². The highest BCUT2D eigenvalue weighted by Gasteiger charge is 2.27. The molecule has 1 aromatic rings. The van der Waals surface area contributed by atoms with Gasteiger partial charge in [0.15, 0.2) is 5.96 Å². The number of guanidine groups is 1. The Balaban J connectivity index is 1.99. The van der Waals surface area contributed by atoms with E-state index in [1.54, 1.807) is 19.0 Å². The van der Waals surface area contributed by atoms with Gasteiger partial charge in [-0.1, -0.05) is 29.8 Å². The van der Waals surface area contributed by atoms with Gasteiger partial charge in [0.2, 0.25) is 5.91 Å². The number of likely N-dealkylation sites (N-methyl/N-ethyl adjacent to an activating group) is 1. The third-order valence-electron chi connectivity index (χ3n) is 4.60. The molecule has 0 saturated carbocycles. The van der Waals surface area contributed by atoms with Crippen LogP contribution in [-0.4, -0.2) is 57.1 Å². The quantitative estimate of drug-likeness (QED) is 0.602. The van der Waals surface area contributed by atoms with Crippen LogP contribution < -0.4 is 10.6 Å². The van der Waals surface area contributed by atoms with Crippen molar-refractivity contribution in [3.8, 4) is 0 Å². The monoisotopic (exact) mass is 360 g/mol. The Kier molecular flexibility index (Phi) is 7.91. The Morgan fingerprint density at radius 1 is 1.27 bits per heavy atom. The smallest absolute Gasteiger partial charge is 0.243 e. The zero-order chi connectivity index (χ0) is 18.9. The molecule has 1 aromatic carbocycles. The van der Waals surface area contributed by atoms with E-state index in [2.05, 4.69) is 46.8 Å². The summed E-state index contributed by atoms with van der Waals surface area (Å²) in [5.74, 6) is 1.04. The Morgan fingerprint density at radius 3 is 2.65 bits per heavy atom.